The highest BCUT2D eigenvalue weighted by Crippen LogP contribution is 2.22. The van der Waals surface area contributed by atoms with Gasteiger partial charge in [-0.1, -0.05) is 25.2 Å². The molecule has 4 nitrogen and oxygen atoms in total. The maximum Gasteiger partial charge on any atom is 0.167 e. The van der Waals surface area contributed by atoms with Crippen molar-refractivity contribution in [2.45, 2.75) is 20.3 Å². The zero-order chi connectivity index (χ0) is 12.1. The lowest BCUT2D eigenvalue weighted by Gasteiger charge is -2.04. The summed E-state index contributed by atoms with van der Waals surface area (Å²) in [4.78, 5) is 4.23. The van der Waals surface area contributed by atoms with Crippen LogP contribution in [0, 0.1) is 5.92 Å². The largest absolute Gasteiger partial charge is 0.316 e. The molecule has 17 heavy (non-hydrogen) atoms. The summed E-state index contributed by atoms with van der Waals surface area (Å²) in [6, 6.07) is 0. The number of rotatable bonds is 6. The second-order valence-electron chi connectivity index (χ2n) is 4.22. The topological polar surface area (TPSA) is 50.7 Å². The molecule has 0 saturated carbocycles. The predicted octanol–water partition coefficient (Wildman–Crippen LogP) is 2.45. The molecule has 0 aliphatic rings. The number of aromatic nitrogens is 3. The molecule has 0 spiro atoms. The predicted molar refractivity (Wildman–Crippen MR) is 72.4 cm³/mol. The monoisotopic (exact) mass is 268 g/mol. The molecule has 0 aromatic carbocycles. The lowest BCUT2D eigenvalue weighted by molar-refractivity contribution is 0.553. The first-order valence-corrected chi connectivity index (χ1v) is 7.43. The molecule has 0 aliphatic heterocycles. The first-order chi connectivity index (χ1) is 8.25. The molecule has 0 radical (unpaired) electrons. The fraction of sp³-hybridized carbons (Fsp3) is 0.545. The Morgan fingerprint density at radius 1 is 1.35 bits per heavy atom. The van der Waals surface area contributed by atoms with Crippen LogP contribution in [0.5, 0.6) is 0 Å². The van der Waals surface area contributed by atoms with E-state index in [9.17, 15) is 0 Å². The van der Waals surface area contributed by atoms with Crippen LogP contribution in [0.15, 0.2) is 10.9 Å². The maximum absolute atomic E-state index is 4.23. The first kappa shape index (κ1) is 12.6. The molecule has 0 aliphatic carbocycles. The van der Waals surface area contributed by atoms with Crippen LogP contribution in [0.25, 0.3) is 10.7 Å². The third kappa shape index (κ3) is 3.83. The molecular weight excluding hydrogens is 252 g/mol. The summed E-state index contributed by atoms with van der Waals surface area (Å²) in [7, 11) is 0. The Kier molecular flexibility index (Phi) is 4.58. The third-order valence-corrected chi connectivity index (χ3v) is 3.78. The van der Waals surface area contributed by atoms with E-state index in [0.29, 0.717) is 5.92 Å². The van der Waals surface area contributed by atoms with Gasteiger partial charge < -0.3 is 5.32 Å². The van der Waals surface area contributed by atoms with E-state index in [-0.39, 0.29) is 0 Å². The van der Waals surface area contributed by atoms with E-state index in [4.69, 9.17) is 0 Å². The zero-order valence-electron chi connectivity index (χ0n) is 10.0. The quantitative estimate of drug-likeness (QED) is 0.818. The Balaban J connectivity index is 1.83. The summed E-state index contributed by atoms with van der Waals surface area (Å²) in [5.74, 6) is 0.690. The number of hydrogen-bond acceptors (Lipinski definition) is 6. The van der Waals surface area contributed by atoms with Gasteiger partial charge in [0.05, 0.1) is 5.51 Å². The molecule has 0 fully saturated rings. The summed E-state index contributed by atoms with van der Waals surface area (Å²) in [5, 5.41) is 15.7. The Hall–Kier alpha value is -0.850. The SMILES string of the molecule is CC(C)CNCCc1nnc(-c2cscn2)s1. The highest BCUT2D eigenvalue weighted by Gasteiger charge is 2.07. The summed E-state index contributed by atoms with van der Waals surface area (Å²) in [6.45, 7) is 6.43. The average molecular weight is 268 g/mol. The molecule has 0 saturated heterocycles. The van der Waals surface area contributed by atoms with E-state index in [0.717, 1.165) is 35.2 Å². The Morgan fingerprint density at radius 2 is 2.24 bits per heavy atom. The van der Waals surface area contributed by atoms with E-state index in [2.05, 4.69) is 34.3 Å². The minimum Gasteiger partial charge on any atom is -0.316 e. The minimum atomic E-state index is 0.690. The number of thiazole rings is 1. The van der Waals surface area contributed by atoms with E-state index in [1.807, 2.05) is 10.9 Å². The van der Waals surface area contributed by atoms with Gasteiger partial charge in [0.1, 0.15) is 10.7 Å². The number of hydrogen-bond donors (Lipinski definition) is 1. The molecule has 2 rings (SSSR count). The fourth-order valence-corrected chi connectivity index (χ4v) is 2.78. The Labute approximate surface area is 109 Å². The van der Waals surface area contributed by atoms with Gasteiger partial charge in [-0.05, 0) is 12.5 Å². The van der Waals surface area contributed by atoms with Crippen molar-refractivity contribution < 1.29 is 0 Å². The fourth-order valence-electron chi connectivity index (χ4n) is 1.36. The summed E-state index contributed by atoms with van der Waals surface area (Å²) >= 11 is 3.22. The second-order valence-corrected chi connectivity index (χ2v) is 6.00. The molecule has 6 heteroatoms. The summed E-state index contributed by atoms with van der Waals surface area (Å²) in [6.07, 6.45) is 0.939. The van der Waals surface area contributed by atoms with Gasteiger partial charge in [0.25, 0.3) is 0 Å². The molecule has 0 bridgehead atoms. The molecule has 2 aromatic heterocycles. The minimum absolute atomic E-state index is 0.690. The van der Waals surface area contributed by atoms with Crippen molar-refractivity contribution in [1.82, 2.24) is 20.5 Å². The smallest absolute Gasteiger partial charge is 0.167 e. The summed E-state index contributed by atoms with van der Waals surface area (Å²) in [5.41, 5.74) is 2.76. The van der Waals surface area contributed by atoms with Gasteiger partial charge in [-0.2, -0.15) is 0 Å². The van der Waals surface area contributed by atoms with Crippen molar-refractivity contribution in [1.29, 1.82) is 0 Å². The van der Waals surface area contributed by atoms with Crippen LogP contribution < -0.4 is 5.32 Å². The van der Waals surface area contributed by atoms with Gasteiger partial charge in [0, 0.05) is 18.3 Å². The average Bonchev–Trinajstić information content (AvgIpc) is 2.94. The molecule has 2 aromatic rings. The van der Waals surface area contributed by atoms with Gasteiger partial charge in [0.15, 0.2) is 5.01 Å². The van der Waals surface area contributed by atoms with Crippen molar-refractivity contribution in [3.05, 3.63) is 15.9 Å². The highest BCUT2D eigenvalue weighted by atomic mass is 32.1. The third-order valence-electron chi connectivity index (χ3n) is 2.19. The van der Waals surface area contributed by atoms with Crippen molar-refractivity contribution in [2.24, 2.45) is 5.92 Å². The van der Waals surface area contributed by atoms with E-state index >= 15 is 0 Å². The summed E-state index contributed by atoms with van der Waals surface area (Å²) < 4.78 is 0. The molecular formula is C11H16N4S2. The standard InChI is InChI=1S/C11H16N4S2/c1-8(2)5-12-4-3-10-14-15-11(17-10)9-6-16-7-13-9/h6-8,12H,3-5H2,1-2H3. The van der Waals surface area contributed by atoms with Crippen molar-refractivity contribution >= 4 is 22.7 Å². The van der Waals surface area contributed by atoms with E-state index < -0.39 is 0 Å². The van der Waals surface area contributed by atoms with E-state index in [1.54, 1.807) is 22.7 Å². The highest BCUT2D eigenvalue weighted by molar-refractivity contribution is 7.15. The first-order valence-electron chi connectivity index (χ1n) is 5.67. The zero-order valence-corrected chi connectivity index (χ0v) is 11.6. The molecule has 92 valence electrons. The normalized spacial score (nSPS) is 11.2. The van der Waals surface area contributed by atoms with Gasteiger partial charge >= 0.3 is 0 Å². The molecule has 0 atom stereocenters. The van der Waals surface area contributed by atoms with Crippen LogP contribution in [0.1, 0.15) is 18.9 Å². The van der Waals surface area contributed by atoms with Gasteiger partial charge in [-0.25, -0.2) is 4.98 Å². The van der Waals surface area contributed by atoms with Crippen LogP contribution >= 0.6 is 22.7 Å². The molecule has 2 heterocycles. The van der Waals surface area contributed by atoms with Crippen LogP contribution in [-0.2, 0) is 6.42 Å². The van der Waals surface area contributed by atoms with Crippen molar-refractivity contribution in [2.75, 3.05) is 13.1 Å². The van der Waals surface area contributed by atoms with Crippen molar-refractivity contribution in [3.63, 3.8) is 0 Å². The molecule has 0 amide bonds. The van der Waals surface area contributed by atoms with Gasteiger partial charge in [0.2, 0.25) is 0 Å². The van der Waals surface area contributed by atoms with Gasteiger partial charge in [-0.3, -0.25) is 0 Å². The number of nitrogens with zero attached hydrogens (tertiary/aromatic N) is 3. The Morgan fingerprint density at radius 3 is 2.94 bits per heavy atom. The van der Waals surface area contributed by atoms with Crippen LogP contribution in [0.4, 0.5) is 0 Å². The molecule has 1 N–H and O–H groups in total. The molecule has 0 unspecified atom stereocenters. The maximum atomic E-state index is 4.23. The lowest BCUT2D eigenvalue weighted by Crippen LogP contribution is -2.22. The van der Waals surface area contributed by atoms with E-state index in [1.165, 1.54) is 0 Å². The Bertz CT molecular complexity index is 436. The van der Waals surface area contributed by atoms with Gasteiger partial charge in [-0.15, -0.1) is 21.5 Å². The van der Waals surface area contributed by atoms with Crippen LogP contribution in [-0.4, -0.2) is 28.3 Å². The lowest BCUT2D eigenvalue weighted by atomic mass is 10.2. The second kappa shape index (κ2) is 6.18. The van der Waals surface area contributed by atoms with Crippen LogP contribution in [0.3, 0.4) is 0 Å². The number of nitrogens with one attached hydrogen (secondary N) is 1. The van der Waals surface area contributed by atoms with Crippen LogP contribution in [0.2, 0.25) is 0 Å². The van der Waals surface area contributed by atoms with Crippen molar-refractivity contribution in [3.8, 4) is 10.7 Å².